The summed E-state index contributed by atoms with van der Waals surface area (Å²) in [7, 11) is 1.48. The summed E-state index contributed by atoms with van der Waals surface area (Å²) in [4.78, 5) is 17.0. The highest BCUT2D eigenvalue weighted by Crippen LogP contribution is 2.18. The zero-order valence-corrected chi connectivity index (χ0v) is 16.0. The van der Waals surface area contributed by atoms with Crippen molar-refractivity contribution in [3.63, 3.8) is 0 Å². The van der Waals surface area contributed by atoms with Gasteiger partial charge in [0.1, 0.15) is 0 Å². The minimum absolute atomic E-state index is 0.0249. The number of hydrogen-bond donors (Lipinski definition) is 2. The van der Waals surface area contributed by atoms with Crippen LogP contribution in [0, 0.1) is 0 Å². The third-order valence-electron chi connectivity index (χ3n) is 3.19. The van der Waals surface area contributed by atoms with E-state index < -0.39 is 24.9 Å². The van der Waals surface area contributed by atoms with Crippen molar-refractivity contribution in [1.82, 2.24) is 9.88 Å². The molecule has 0 saturated carbocycles. The monoisotopic (exact) mass is 409 g/mol. The van der Waals surface area contributed by atoms with Gasteiger partial charge in [-0.2, -0.15) is 13.2 Å². The van der Waals surface area contributed by atoms with Gasteiger partial charge in [0, 0.05) is 13.1 Å². The maximum atomic E-state index is 12.1. The summed E-state index contributed by atoms with van der Waals surface area (Å²) >= 11 is 0. The molecule has 160 valence electrons. The van der Waals surface area contributed by atoms with E-state index in [1.165, 1.54) is 30.3 Å². The second-order valence-electron chi connectivity index (χ2n) is 6.25. The minimum Gasteiger partial charge on any atom is -0.468 e. The van der Waals surface area contributed by atoms with Gasteiger partial charge in [0.15, 0.2) is 6.61 Å². The first-order valence-electron chi connectivity index (χ1n) is 8.62. The van der Waals surface area contributed by atoms with Gasteiger partial charge in [-0.25, -0.2) is 9.78 Å². The first kappa shape index (κ1) is 23.9. The number of likely N-dealkylation sites (N-methyl/N-ethyl adjacent to an activating group) is 1. The molecule has 1 aromatic rings. The van der Waals surface area contributed by atoms with Crippen LogP contribution in [0.25, 0.3) is 0 Å². The number of hydrogen-bond acceptors (Lipinski definition) is 6. The second kappa shape index (κ2) is 11.7. The van der Waals surface area contributed by atoms with Crippen LogP contribution < -0.4 is 10.1 Å². The van der Waals surface area contributed by atoms with E-state index in [9.17, 15) is 23.1 Å². The molecule has 1 aromatic heterocycles. The number of urea groups is 1. The molecule has 0 aromatic carbocycles. The lowest BCUT2D eigenvalue weighted by molar-refractivity contribution is -0.154. The average molecular weight is 409 g/mol. The number of amides is 2. The smallest absolute Gasteiger partial charge is 0.422 e. The fourth-order valence-corrected chi connectivity index (χ4v) is 1.93. The standard InChI is InChI=1S/C17H26F3N3O5/c1-12(2)27-7-6-26-10-14(24)9-23(3)16(25)22-13-4-5-15(21-8-13)28-11-17(18,19)20/h4-5,8,12,14,24H,6-7,9-11H2,1-3H3,(H,22,25). The first-order valence-corrected chi connectivity index (χ1v) is 8.62. The van der Waals surface area contributed by atoms with E-state index in [2.05, 4.69) is 15.0 Å². The Bertz CT molecular complexity index is 584. The molecule has 0 aliphatic heterocycles. The Hall–Kier alpha value is -2.11. The van der Waals surface area contributed by atoms with E-state index in [0.717, 1.165) is 0 Å². The van der Waals surface area contributed by atoms with Gasteiger partial charge in [-0.05, 0) is 19.9 Å². The third-order valence-corrected chi connectivity index (χ3v) is 3.19. The zero-order valence-electron chi connectivity index (χ0n) is 16.0. The Labute approximate surface area is 161 Å². The van der Waals surface area contributed by atoms with E-state index in [1.807, 2.05) is 13.8 Å². The largest absolute Gasteiger partial charge is 0.468 e. The van der Waals surface area contributed by atoms with Gasteiger partial charge in [-0.3, -0.25) is 0 Å². The number of ether oxygens (including phenoxy) is 3. The molecule has 2 amide bonds. The lowest BCUT2D eigenvalue weighted by atomic mass is 10.3. The van der Waals surface area contributed by atoms with Gasteiger partial charge in [-0.15, -0.1) is 0 Å². The van der Waals surface area contributed by atoms with Crippen LogP contribution in [0.5, 0.6) is 5.88 Å². The molecule has 0 radical (unpaired) electrons. The number of carbonyl (C=O) groups excluding carboxylic acids is 1. The van der Waals surface area contributed by atoms with Crippen molar-refractivity contribution in [3.05, 3.63) is 18.3 Å². The molecule has 0 aliphatic rings. The van der Waals surface area contributed by atoms with Gasteiger partial charge < -0.3 is 29.5 Å². The third kappa shape index (κ3) is 10.9. The van der Waals surface area contributed by atoms with Gasteiger partial charge in [0.2, 0.25) is 5.88 Å². The van der Waals surface area contributed by atoms with Crippen LogP contribution in [-0.4, -0.2) is 79.4 Å². The molecule has 1 atom stereocenters. The van der Waals surface area contributed by atoms with Crippen molar-refractivity contribution >= 4 is 11.7 Å². The van der Waals surface area contributed by atoms with E-state index in [1.54, 1.807) is 0 Å². The van der Waals surface area contributed by atoms with Gasteiger partial charge in [-0.1, -0.05) is 0 Å². The zero-order chi connectivity index (χ0) is 21.2. The molecule has 11 heteroatoms. The predicted octanol–water partition coefficient (Wildman–Crippen LogP) is 2.29. The van der Waals surface area contributed by atoms with Crippen molar-refractivity contribution in [2.24, 2.45) is 0 Å². The number of alkyl halides is 3. The summed E-state index contributed by atoms with van der Waals surface area (Å²) in [5.74, 6) is -0.210. The highest BCUT2D eigenvalue weighted by Gasteiger charge is 2.28. The number of anilines is 1. The molecule has 0 saturated heterocycles. The number of aliphatic hydroxyl groups is 1. The Balaban J connectivity index is 2.33. The number of rotatable bonds is 11. The van der Waals surface area contributed by atoms with Crippen molar-refractivity contribution in [2.45, 2.75) is 32.2 Å². The number of nitrogens with zero attached hydrogens (tertiary/aromatic N) is 2. The van der Waals surface area contributed by atoms with E-state index in [4.69, 9.17) is 9.47 Å². The predicted molar refractivity (Wildman–Crippen MR) is 95.3 cm³/mol. The van der Waals surface area contributed by atoms with Crippen LogP contribution in [0.1, 0.15) is 13.8 Å². The number of halogens is 3. The van der Waals surface area contributed by atoms with Crippen molar-refractivity contribution in [2.75, 3.05) is 45.3 Å². The maximum Gasteiger partial charge on any atom is 0.422 e. The summed E-state index contributed by atoms with van der Waals surface area (Å²) in [5.41, 5.74) is 0.271. The van der Waals surface area contributed by atoms with E-state index in [-0.39, 0.29) is 30.8 Å². The number of nitrogens with one attached hydrogen (secondary N) is 1. The molecule has 1 unspecified atom stereocenters. The van der Waals surface area contributed by atoms with Crippen LogP contribution in [0.3, 0.4) is 0 Å². The SMILES string of the molecule is CC(C)OCCOCC(O)CN(C)C(=O)Nc1ccc(OCC(F)(F)F)nc1. The summed E-state index contributed by atoms with van der Waals surface area (Å²) in [6, 6.07) is 2.05. The number of aromatic nitrogens is 1. The molecule has 0 bridgehead atoms. The molecular formula is C17H26F3N3O5. The number of carbonyl (C=O) groups is 1. The highest BCUT2D eigenvalue weighted by molar-refractivity contribution is 5.88. The molecule has 0 fully saturated rings. The van der Waals surface area contributed by atoms with Crippen LogP contribution in [-0.2, 0) is 9.47 Å². The first-order chi connectivity index (χ1) is 13.1. The lowest BCUT2D eigenvalue weighted by Gasteiger charge is -2.21. The van der Waals surface area contributed by atoms with Crippen LogP contribution >= 0.6 is 0 Å². The number of aliphatic hydroxyl groups excluding tert-OH is 1. The van der Waals surface area contributed by atoms with Crippen LogP contribution in [0.4, 0.5) is 23.7 Å². The molecular weight excluding hydrogens is 383 g/mol. The molecule has 2 N–H and O–H groups in total. The summed E-state index contributed by atoms with van der Waals surface area (Å²) < 4.78 is 51.3. The fraction of sp³-hybridized carbons (Fsp3) is 0.647. The Kier molecular flexibility index (Phi) is 9.97. The van der Waals surface area contributed by atoms with Gasteiger partial charge in [0.05, 0.1) is 50.5 Å². The molecule has 8 nitrogen and oxygen atoms in total. The second-order valence-corrected chi connectivity index (χ2v) is 6.25. The summed E-state index contributed by atoms with van der Waals surface area (Å²) in [5, 5.41) is 12.4. The average Bonchev–Trinajstić information content (AvgIpc) is 2.59. The quantitative estimate of drug-likeness (QED) is 0.545. The van der Waals surface area contributed by atoms with Crippen molar-refractivity contribution < 1.29 is 37.3 Å². The van der Waals surface area contributed by atoms with Gasteiger partial charge >= 0.3 is 12.2 Å². The Morgan fingerprint density at radius 3 is 2.61 bits per heavy atom. The van der Waals surface area contributed by atoms with Crippen molar-refractivity contribution in [1.29, 1.82) is 0 Å². The molecule has 1 heterocycles. The summed E-state index contributed by atoms with van der Waals surface area (Å²) in [6.45, 7) is 3.18. The molecule has 28 heavy (non-hydrogen) atoms. The minimum atomic E-state index is -4.46. The van der Waals surface area contributed by atoms with E-state index >= 15 is 0 Å². The van der Waals surface area contributed by atoms with Crippen LogP contribution in [0.2, 0.25) is 0 Å². The number of pyridine rings is 1. The van der Waals surface area contributed by atoms with Crippen molar-refractivity contribution in [3.8, 4) is 5.88 Å². The van der Waals surface area contributed by atoms with Gasteiger partial charge in [0.25, 0.3) is 0 Å². The van der Waals surface area contributed by atoms with E-state index in [0.29, 0.717) is 13.2 Å². The topological polar surface area (TPSA) is 93.2 Å². The normalized spacial score (nSPS) is 12.7. The maximum absolute atomic E-state index is 12.1. The molecule has 1 rings (SSSR count). The summed E-state index contributed by atoms with van der Waals surface area (Å²) in [6.07, 6.45) is -4.07. The van der Waals surface area contributed by atoms with Crippen LogP contribution in [0.15, 0.2) is 18.3 Å². The fourth-order valence-electron chi connectivity index (χ4n) is 1.93. The highest BCUT2D eigenvalue weighted by atomic mass is 19.4. The molecule has 0 spiro atoms. The Morgan fingerprint density at radius 1 is 1.32 bits per heavy atom. The Morgan fingerprint density at radius 2 is 2.04 bits per heavy atom. The lowest BCUT2D eigenvalue weighted by Crippen LogP contribution is -2.39. The molecule has 0 aliphatic carbocycles.